The monoisotopic (exact) mass is 603 g/mol. The van der Waals surface area contributed by atoms with Gasteiger partial charge >= 0.3 is 0 Å². The zero-order chi connectivity index (χ0) is 29.4. The number of sulfonamides is 1. The van der Waals surface area contributed by atoms with Gasteiger partial charge < -0.3 is 10.2 Å². The van der Waals surface area contributed by atoms with Crippen LogP contribution in [0.1, 0.15) is 35.6 Å². The summed E-state index contributed by atoms with van der Waals surface area (Å²) in [6.07, 6.45) is 1.99. The van der Waals surface area contributed by atoms with E-state index in [1.807, 2.05) is 57.2 Å². The largest absolute Gasteiger partial charge is 0.354 e. The molecule has 0 radical (unpaired) electrons. The van der Waals surface area contributed by atoms with E-state index >= 15 is 0 Å². The van der Waals surface area contributed by atoms with E-state index in [0.29, 0.717) is 34.3 Å². The second-order valence-corrected chi connectivity index (χ2v) is 12.4. The van der Waals surface area contributed by atoms with Gasteiger partial charge in [0, 0.05) is 35.1 Å². The smallest absolute Gasteiger partial charge is 0.244 e. The molecule has 0 saturated heterocycles. The summed E-state index contributed by atoms with van der Waals surface area (Å²) in [5.41, 5.74) is 3.35. The van der Waals surface area contributed by atoms with Gasteiger partial charge in [0.2, 0.25) is 21.8 Å². The number of carbonyl (C=O) groups is 2. The van der Waals surface area contributed by atoms with Gasteiger partial charge in [0.15, 0.2) is 0 Å². The molecule has 0 fully saturated rings. The molecule has 10 heteroatoms. The van der Waals surface area contributed by atoms with Crippen LogP contribution in [0.2, 0.25) is 10.0 Å². The fourth-order valence-corrected chi connectivity index (χ4v) is 5.79. The topological polar surface area (TPSA) is 86.8 Å². The molecule has 0 heterocycles. The number of benzene rings is 3. The highest BCUT2D eigenvalue weighted by Crippen LogP contribution is 2.29. The average Bonchev–Trinajstić information content (AvgIpc) is 2.91. The Bertz CT molecular complexity index is 1430. The first-order chi connectivity index (χ1) is 18.9. The van der Waals surface area contributed by atoms with E-state index in [0.717, 1.165) is 27.3 Å². The molecule has 1 atom stereocenters. The highest BCUT2D eigenvalue weighted by atomic mass is 35.5. The third kappa shape index (κ3) is 7.99. The zero-order valence-electron chi connectivity index (χ0n) is 23.2. The first kappa shape index (κ1) is 31.5. The van der Waals surface area contributed by atoms with E-state index in [-0.39, 0.29) is 18.9 Å². The summed E-state index contributed by atoms with van der Waals surface area (Å²) in [4.78, 5) is 29.1. The maximum atomic E-state index is 14.2. The van der Waals surface area contributed by atoms with Crippen molar-refractivity contribution in [3.8, 4) is 0 Å². The van der Waals surface area contributed by atoms with Crippen LogP contribution in [-0.4, -0.2) is 50.5 Å². The minimum absolute atomic E-state index is 0.0845. The van der Waals surface area contributed by atoms with E-state index < -0.39 is 28.5 Å². The number of hydrogen-bond donors (Lipinski definition) is 1. The van der Waals surface area contributed by atoms with Gasteiger partial charge in [-0.25, -0.2) is 8.42 Å². The normalized spacial score (nSPS) is 12.1. The summed E-state index contributed by atoms with van der Waals surface area (Å²) in [6, 6.07) is 18.7. The van der Waals surface area contributed by atoms with Gasteiger partial charge in [0.25, 0.3) is 0 Å². The van der Waals surface area contributed by atoms with Gasteiger partial charge in [-0.2, -0.15) is 0 Å². The quantitative estimate of drug-likeness (QED) is 0.294. The minimum Gasteiger partial charge on any atom is -0.354 e. The number of amides is 2. The number of halogens is 2. The fourth-order valence-electron chi connectivity index (χ4n) is 4.37. The van der Waals surface area contributed by atoms with Crippen LogP contribution in [0, 0.1) is 13.8 Å². The fraction of sp³-hybridized carbons (Fsp3) is 0.333. The number of anilines is 1. The number of aryl methyl sites for hydroxylation is 1. The Balaban J connectivity index is 2.12. The van der Waals surface area contributed by atoms with Gasteiger partial charge in [-0.1, -0.05) is 78.7 Å². The molecule has 3 aromatic rings. The van der Waals surface area contributed by atoms with Crippen molar-refractivity contribution in [1.29, 1.82) is 0 Å². The molecule has 40 heavy (non-hydrogen) atoms. The molecule has 1 N–H and O–H groups in total. The summed E-state index contributed by atoms with van der Waals surface area (Å²) in [5.74, 6) is -0.908. The average molecular weight is 605 g/mol. The van der Waals surface area contributed by atoms with Crippen LogP contribution in [0.25, 0.3) is 0 Å². The van der Waals surface area contributed by atoms with Crippen molar-refractivity contribution in [2.45, 2.75) is 46.2 Å². The molecule has 0 aliphatic rings. The Morgan fingerprint density at radius 3 is 2.15 bits per heavy atom. The summed E-state index contributed by atoms with van der Waals surface area (Å²) in [6.45, 7) is 5.46. The lowest BCUT2D eigenvalue weighted by Crippen LogP contribution is -2.53. The SMILES string of the molecule is CCCNC(=O)C(Cc1ccccc1)N(Cc1c(Cl)cccc1Cl)C(=O)CN(c1cccc(C)c1C)S(C)(=O)=O. The molecule has 1 unspecified atom stereocenters. The molecule has 0 saturated carbocycles. The Morgan fingerprint density at radius 1 is 0.925 bits per heavy atom. The van der Waals surface area contributed by atoms with E-state index in [9.17, 15) is 18.0 Å². The van der Waals surface area contributed by atoms with Crippen LogP contribution >= 0.6 is 23.2 Å². The van der Waals surface area contributed by atoms with Crippen LogP contribution in [0.4, 0.5) is 5.69 Å². The molecule has 0 spiro atoms. The van der Waals surface area contributed by atoms with Crippen molar-refractivity contribution in [1.82, 2.24) is 10.2 Å². The number of nitrogens with zero attached hydrogens (tertiary/aromatic N) is 2. The van der Waals surface area contributed by atoms with Crippen LogP contribution in [0.5, 0.6) is 0 Å². The maximum Gasteiger partial charge on any atom is 0.244 e. The van der Waals surface area contributed by atoms with Crippen LogP contribution < -0.4 is 9.62 Å². The first-order valence-corrected chi connectivity index (χ1v) is 15.6. The van der Waals surface area contributed by atoms with E-state index in [4.69, 9.17) is 23.2 Å². The van der Waals surface area contributed by atoms with Crippen molar-refractivity contribution < 1.29 is 18.0 Å². The first-order valence-electron chi connectivity index (χ1n) is 13.0. The second-order valence-electron chi connectivity index (χ2n) is 9.71. The van der Waals surface area contributed by atoms with Gasteiger partial charge in [0.1, 0.15) is 12.6 Å². The molecule has 2 amide bonds. The molecular formula is C30H35Cl2N3O4S. The Hall–Kier alpha value is -3.07. The van der Waals surface area contributed by atoms with Crippen molar-refractivity contribution in [3.63, 3.8) is 0 Å². The van der Waals surface area contributed by atoms with Gasteiger partial charge in [-0.05, 0) is 55.2 Å². The second kappa shape index (κ2) is 14.0. The summed E-state index contributed by atoms with van der Waals surface area (Å²) in [5, 5.41) is 3.58. The van der Waals surface area contributed by atoms with E-state index in [1.165, 1.54) is 4.90 Å². The number of carbonyl (C=O) groups excluding carboxylic acids is 2. The molecule has 3 rings (SSSR count). The van der Waals surface area contributed by atoms with Gasteiger partial charge in [0.05, 0.1) is 11.9 Å². The minimum atomic E-state index is -3.86. The predicted octanol–water partition coefficient (Wildman–Crippen LogP) is 5.54. The number of hydrogen-bond acceptors (Lipinski definition) is 4. The Labute approximate surface area is 247 Å². The summed E-state index contributed by atoms with van der Waals surface area (Å²) >= 11 is 13.0. The predicted molar refractivity (Wildman–Crippen MR) is 162 cm³/mol. The van der Waals surface area contributed by atoms with Crippen molar-refractivity contribution in [2.24, 2.45) is 0 Å². The summed E-state index contributed by atoms with van der Waals surface area (Å²) in [7, 11) is -3.86. The lowest BCUT2D eigenvalue weighted by atomic mass is 10.0. The molecule has 214 valence electrons. The summed E-state index contributed by atoms with van der Waals surface area (Å²) < 4.78 is 27.1. The highest BCUT2D eigenvalue weighted by molar-refractivity contribution is 7.92. The molecule has 0 aliphatic heterocycles. The van der Waals surface area contributed by atoms with Crippen molar-refractivity contribution in [3.05, 3.63) is 99.0 Å². The Morgan fingerprint density at radius 2 is 1.55 bits per heavy atom. The molecule has 3 aromatic carbocycles. The highest BCUT2D eigenvalue weighted by Gasteiger charge is 2.34. The van der Waals surface area contributed by atoms with Crippen LogP contribution in [0.15, 0.2) is 66.7 Å². The van der Waals surface area contributed by atoms with Gasteiger partial charge in [-0.3, -0.25) is 13.9 Å². The molecule has 0 aromatic heterocycles. The van der Waals surface area contributed by atoms with E-state index in [2.05, 4.69) is 5.32 Å². The van der Waals surface area contributed by atoms with Crippen molar-refractivity contribution >= 4 is 50.7 Å². The van der Waals surface area contributed by atoms with Crippen molar-refractivity contribution in [2.75, 3.05) is 23.7 Å². The molecule has 7 nitrogen and oxygen atoms in total. The third-order valence-electron chi connectivity index (χ3n) is 6.73. The third-order valence-corrected chi connectivity index (χ3v) is 8.57. The lowest BCUT2D eigenvalue weighted by Gasteiger charge is -2.34. The van der Waals surface area contributed by atoms with E-state index in [1.54, 1.807) is 30.3 Å². The molecule has 0 bridgehead atoms. The number of nitrogens with one attached hydrogen (secondary N) is 1. The Kier molecular flexibility index (Phi) is 11.0. The van der Waals surface area contributed by atoms with Crippen LogP contribution in [0.3, 0.4) is 0 Å². The standard InChI is InChI=1S/C30H35Cl2N3O4S/c1-5-17-33-30(37)28(18-23-12-7-6-8-13-23)34(19-24-25(31)14-10-15-26(24)32)29(36)20-35(40(4,38)39)27-16-9-11-21(2)22(27)3/h6-16,28H,5,17-20H2,1-4H3,(H,33,37). The maximum absolute atomic E-state index is 14.2. The zero-order valence-corrected chi connectivity index (χ0v) is 25.5. The molecule has 0 aliphatic carbocycles. The molecular weight excluding hydrogens is 569 g/mol. The number of rotatable bonds is 12. The lowest BCUT2D eigenvalue weighted by molar-refractivity contribution is -0.140. The van der Waals surface area contributed by atoms with Crippen LogP contribution in [-0.2, 0) is 32.6 Å². The van der Waals surface area contributed by atoms with Gasteiger partial charge in [-0.15, -0.1) is 0 Å².